The molecule has 26 heavy (non-hydrogen) atoms. The summed E-state index contributed by atoms with van der Waals surface area (Å²) in [5.74, 6) is 1.87. The van der Waals surface area contributed by atoms with Crippen molar-refractivity contribution in [3.05, 3.63) is 29.8 Å². The second kappa shape index (κ2) is 5.76. The molecule has 2 amide bonds. The van der Waals surface area contributed by atoms with Gasteiger partial charge in [-0.1, -0.05) is 5.92 Å². The molecule has 136 valence electrons. The third-order valence-corrected chi connectivity index (χ3v) is 5.43. The molecule has 3 aliphatic rings. The molecular formula is C19H17F3N2O2. The van der Waals surface area contributed by atoms with Gasteiger partial charge in [0.05, 0.1) is 17.5 Å². The molecule has 2 heterocycles. The first-order valence-corrected chi connectivity index (χ1v) is 8.58. The van der Waals surface area contributed by atoms with Crippen molar-refractivity contribution >= 4 is 17.5 Å². The number of anilines is 1. The Bertz CT molecular complexity index is 792. The van der Waals surface area contributed by atoms with Gasteiger partial charge in [0.1, 0.15) is 6.04 Å². The average molecular weight is 362 g/mol. The van der Waals surface area contributed by atoms with Crippen LogP contribution in [0.25, 0.3) is 0 Å². The number of terminal acetylenes is 1. The van der Waals surface area contributed by atoms with E-state index < -0.39 is 23.7 Å². The second-order valence-electron chi connectivity index (χ2n) is 7.12. The molecule has 1 aromatic carbocycles. The van der Waals surface area contributed by atoms with Gasteiger partial charge in [-0.15, -0.1) is 6.42 Å². The van der Waals surface area contributed by atoms with Crippen LogP contribution in [0.4, 0.5) is 18.9 Å². The quantitative estimate of drug-likeness (QED) is 0.759. The Morgan fingerprint density at radius 2 is 1.85 bits per heavy atom. The van der Waals surface area contributed by atoms with E-state index in [1.54, 1.807) is 4.90 Å². The van der Waals surface area contributed by atoms with Crippen LogP contribution >= 0.6 is 0 Å². The van der Waals surface area contributed by atoms with E-state index in [1.165, 1.54) is 17.0 Å². The van der Waals surface area contributed by atoms with E-state index in [0.717, 1.165) is 25.0 Å². The van der Waals surface area contributed by atoms with Crippen LogP contribution in [0.2, 0.25) is 0 Å². The molecule has 0 unspecified atom stereocenters. The van der Waals surface area contributed by atoms with Crippen LogP contribution in [-0.4, -0.2) is 35.3 Å². The molecule has 2 bridgehead atoms. The van der Waals surface area contributed by atoms with Crippen LogP contribution in [0, 0.1) is 24.2 Å². The van der Waals surface area contributed by atoms with Crippen molar-refractivity contribution in [2.24, 2.45) is 11.8 Å². The Labute approximate surface area is 148 Å². The standard InChI is InChI=1S/C19H17F3N2O2/c1-2-16-15-9-14(24(16)17(25)11-3-4-11)10-23(18(15)26)13-7-5-12(6-8-13)19(20,21)22/h1,5-8,11,14-16H,3-4,9-10H2/t14-,15-,16+/m1/s1. The normalized spacial score (nSPS) is 28.2. The topological polar surface area (TPSA) is 40.6 Å². The Balaban J connectivity index is 1.61. The van der Waals surface area contributed by atoms with Crippen LogP contribution in [0.1, 0.15) is 24.8 Å². The molecule has 2 aliphatic heterocycles. The highest BCUT2D eigenvalue weighted by Crippen LogP contribution is 2.42. The minimum Gasteiger partial charge on any atom is -0.323 e. The predicted octanol–water partition coefficient (Wildman–Crippen LogP) is 2.68. The second-order valence-corrected chi connectivity index (χ2v) is 7.12. The van der Waals surface area contributed by atoms with Gasteiger partial charge in [0.2, 0.25) is 11.8 Å². The Hall–Kier alpha value is -2.49. The summed E-state index contributed by atoms with van der Waals surface area (Å²) >= 11 is 0. The summed E-state index contributed by atoms with van der Waals surface area (Å²) in [6, 6.07) is 3.76. The number of nitrogens with zero attached hydrogens (tertiary/aromatic N) is 2. The summed E-state index contributed by atoms with van der Waals surface area (Å²) in [4.78, 5) is 28.6. The van der Waals surface area contributed by atoms with Crippen LogP contribution in [0.3, 0.4) is 0 Å². The monoisotopic (exact) mass is 362 g/mol. The molecule has 1 saturated carbocycles. The summed E-state index contributed by atoms with van der Waals surface area (Å²) < 4.78 is 38.2. The Morgan fingerprint density at radius 3 is 2.38 bits per heavy atom. The van der Waals surface area contributed by atoms with E-state index in [4.69, 9.17) is 6.42 Å². The molecule has 3 atom stereocenters. The number of hydrogen-bond donors (Lipinski definition) is 0. The molecule has 2 saturated heterocycles. The number of carbonyl (C=O) groups is 2. The molecule has 0 aromatic heterocycles. The molecule has 4 rings (SSSR count). The molecule has 7 heteroatoms. The zero-order chi connectivity index (χ0) is 18.6. The van der Waals surface area contributed by atoms with E-state index >= 15 is 0 Å². The number of piperidine rings is 1. The van der Waals surface area contributed by atoms with Crippen LogP contribution < -0.4 is 4.90 Å². The summed E-state index contributed by atoms with van der Waals surface area (Å²) in [6.07, 6.45) is 3.40. The van der Waals surface area contributed by atoms with Crippen molar-refractivity contribution in [1.82, 2.24) is 4.90 Å². The number of benzene rings is 1. The lowest BCUT2D eigenvalue weighted by atomic mass is 9.93. The van der Waals surface area contributed by atoms with Gasteiger partial charge >= 0.3 is 6.18 Å². The highest BCUT2D eigenvalue weighted by atomic mass is 19.4. The fourth-order valence-electron chi connectivity index (χ4n) is 3.97. The molecule has 3 fully saturated rings. The van der Waals surface area contributed by atoms with Crippen molar-refractivity contribution in [2.75, 3.05) is 11.4 Å². The first-order valence-electron chi connectivity index (χ1n) is 8.58. The lowest BCUT2D eigenvalue weighted by molar-refractivity contribution is -0.137. The van der Waals surface area contributed by atoms with E-state index in [1.807, 2.05) is 0 Å². The maximum atomic E-state index is 12.9. The van der Waals surface area contributed by atoms with Gasteiger partial charge in [-0.3, -0.25) is 9.59 Å². The van der Waals surface area contributed by atoms with Crippen LogP contribution in [-0.2, 0) is 15.8 Å². The van der Waals surface area contributed by atoms with E-state index in [0.29, 0.717) is 12.1 Å². The zero-order valence-corrected chi connectivity index (χ0v) is 13.9. The number of amides is 2. The smallest absolute Gasteiger partial charge is 0.323 e. The summed E-state index contributed by atoms with van der Waals surface area (Å²) in [7, 11) is 0. The number of alkyl halides is 3. The van der Waals surface area contributed by atoms with Gasteiger partial charge in [-0.25, -0.2) is 0 Å². The first-order chi connectivity index (χ1) is 12.3. The fourth-order valence-corrected chi connectivity index (χ4v) is 3.97. The van der Waals surface area contributed by atoms with E-state index in [2.05, 4.69) is 5.92 Å². The Morgan fingerprint density at radius 1 is 1.19 bits per heavy atom. The molecule has 0 radical (unpaired) electrons. The van der Waals surface area contributed by atoms with Crippen molar-refractivity contribution in [3.63, 3.8) is 0 Å². The zero-order valence-electron chi connectivity index (χ0n) is 13.9. The van der Waals surface area contributed by atoms with Crippen LogP contribution in [0.15, 0.2) is 24.3 Å². The molecule has 1 aromatic rings. The number of carbonyl (C=O) groups excluding carboxylic acids is 2. The van der Waals surface area contributed by atoms with Gasteiger partial charge in [0.25, 0.3) is 0 Å². The van der Waals surface area contributed by atoms with Crippen molar-refractivity contribution in [1.29, 1.82) is 0 Å². The molecular weight excluding hydrogens is 345 g/mol. The molecule has 4 nitrogen and oxygen atoms in total. The first kappa shape index (κ1) is 17.0. The highest BCUT2D eigenvalue weighted by molar-refractivity contribution is 5.98. The Kier molecular flexibility index (Phi) is 3.76. The number of halogens is 3. The van der Waals surface area contributed by atoms with Gasteiger partial charge in [-0.05, 0) is 43.5 Å². The molecule has 1 aliphatic carbocycles. The van der Waals surface area contributed by atoms with Crippen LogP contribution in [0.5, 0.6) is 0 Å². The number of hydrogen-bond acceptors (Lipinski definition) is 2. The lowest BCUT2D eigenvalue weighted by Crippen LogP contribution is -2.47. The van der Waals surface area contributed by atoms with Gasteiger partial charge in [-0.2, -0.15) is 13.2 Å². The highest BCUT2D eigenvalue weighted by Gasteiger charge is 2.54. The molecule has 0 N–H and O–H groups in total. The summed E-state index contributed by atoms with van der Waals surface area (Å²) in [6.45, 7) is 0.261. The number of fused-ring (bicyclic) bond motifs is 2. The van der Waals surface area contributed by atoms with E-state index in [9.17, 15) is 22.8 Å². The minimum atomic E-state index is -4.43. The van der Waals surface area contributed by atoms with Gasteiger partial charge in [0, 0.05) is 18.2 Å². The largest absolute Gasteiger partial charge is 0.416 e. The average Bonchev–Trinajstić information content (AvgIpc) is 3.40. The lowest BCUT2D eigenvalue weighted by Gasteiger charge is -2.32. The van der Waals surface area contributed by atoms with E-state index in [-0.39, 0.29) is 30.3 Å². The summed E-state index contributed by atoms with van der Waals surface area (Å²) in [5.41, 5.74) is -0.366. The van der Waals surface area contributed by atoms with Crippen molar-refractivity contribution < 1.29 is 22.8 Å². The number of rotatable bonds is 2. The fraction of sp³-hybridized carbons (Fsp3) is 0.474. The molecule has 0 spiro atoms. The minimum absolute atomic E-state index is 0.000166. The van der Waals surface area contributed by atoms with Crippen molar-refractivity contribution in [2.45, 2.75) is 37.5 Å². The third kappa shape index (κ3) is 2.64. The third-order valence-electron chi connectivity index (χ3n) is 5.43. The summed E-state index contributed by atoms with van der Waals surface area (Å²) in [5, 5.41) is 0. The SMILES string of the molecule is C#C[C@H]1[C@H]2C[C@H](CN(c3ccc(C(F)(F)F)cc3)C2=O)N1C(=O)C1CC1. The van der Waals surface area contributed by atoms with Gasteiger partial charge < -0.3 is 9.80 Å². The number of likely N-dealkylation sites (tertiary alicyclic amines) is 1. The van der Waals surface area contributed by atoms with Crippen molar-refractivity contribution in [3.8, 4) is 12.3 Å². The maximum absolute atomic E-state index is 12.9. The predicted molar refractivity (Wildman–Crippen MR) is 87.9 cm³/mol. The maximum Gasteiger partial charge on any atom is 0.416 e. The van der Waals surface area contributed by atoms with Gasteiger partial charge in [0.15, 0.2) is 0 Å².